The highest BCUT2D eigenvalue weighted by Crippen LogP contribution is 2.23. The number of nitrogens with zero attached hydrogens (tertiary/aromatic N) is 3. The zero-order valence-electron chi connectivity index (χ0n) is 10.4. The second-order valence-electron chi connectivity index (χ2n) is 3.78. The smallest absolute Gasteiger partial charge is 0.151 e. The van der Waals surface area contributed by atoms with Gasteiger partial charge in [-0.3, -0.25) is 4.98 Å². The van der Waals surface area contributed by atoms with Crippen LogP contribution < -0.4 is 9.64 Å². The van der Waals surface area contributed by atoms with E-state index in [-0.39, 0.29) is 6.61 Å². The van der Waals surface area contributed by atoms with Gasteiger partial charge in [0.15, 0.2) is 5.82 Å². The molecule has 1 heterocycles. The first-order valence-electron chi connectivity index (χ1n) is 5.54. The van der Waals surface area contributed by atoms with E-state index in [2.05, 4.69) is 9.97 Å². The number of hydrogen-bond acceptors (Lipinski definition) is 5. The van der Waals surface area contributed by atoms with E-state index in [0.29, 0.717) is 5.69 Å². The largest absolute Gasteiger partial charge is 0.497 e. The van der Waals surface area contributed by atoms with E-state index in [1.54, 1.807) is 19.5 Å². The van der Waals surface area contributed by atoms with Gasteiger partial charge in [0.25, 0.3) is 0 Å². The normalized spacial score (nSPS) is 10.2. The van der Waals surface area contributed by atoms with Crippen LogP contribution in [0.25, 0.3) is 0 Å². The Morgan fingerprint density at radius 3 is 2.39 bits per heavy atom. The molecular weight excluding hydrogens is 230 g/mol. The van der Waals surface area contributed by atoms with Gasteiger partial charge in [0.2, 0.25) is 0 Å². The summed E-state index contributed by atoms with van der Waals surface area (Å²) in [6.07, 6.45) is 3.20. The first-order chi connectivity index (χ1) is 8.74. The maximum absolute atomic E-state index is 8.91. The second kappa shape index (κ2) is 5.46. The Kier molecular flexibility index (Phi) is 3.74. The molecule has 1 N–H and O–H groups in total. The molecule has 94 valence electrons. The van der Waals surface area contributed by atoms with Crippen LogP contribution in [0, 0.1) is 0 Å². The highest BCUT2D eigenvalue weighted by Gasteiger charge is 2.06. The predicted octanol–water partition coefficient (Wildman–Crippen LogP) is 1.75. The zero-order chi connectivity index (χ0) is 13.0. The number of anilines is 2. The molecule has 0 radical (unpaired) electrons. The maximum Gasteiger partial charge on any atom is 0.151 e. The van der Waals surface area contributed by atoms with Crippen LogP contribution >= 0.6 is 0 Å². The molecule has 2 rings (SSSR count). The average Bonchev–Trinajstić information content (AvgIpc) is 2.47. The lowest BCUT2D eigenvalue weighted by Gasteiger charge is -2.18. The molecule has 0 aliphatic rings. The summed E-state index contributed by atoms with van der Waals surface area (Å²) in [5.41, 5.74) is 1.55. The molecule has 5 heteroatoms. The highest BCUT2D eigenvalue weighted by atomic mass is 16.5. The molecule has 5 nitrogen and oxygen atoms in total. The van der Waals surface area contributed by atoms with Crippen molar-refractivity contribution in [2.24, 2.45) is 0 Å². The Bertz CT molecular complexity index is 449. The van der Waals surface area contributed by atoms with Crippen LogP contribution in [0.15, 0.2) is 36.7 Å². The minimum Gasteiger partial charge on any atom is -0.497 e. The maximum atomic E-state index is 8.91. The van der Waals surface area contributed by atoms with E-state index in [1.165, 1.54) is 0 Å². The molecule has 0 fully saturated rings. The van der Waals surface area contributed by atoms with Crippen molar-refractivity contribution in [1.29, 1.82) is 0 Å². The second-order valence-corrected chi connectivity index (χ2v) is 3.78. The van der Waals surface area contributed by atoms with E-state index in [4.69, 9.17) is 9.84 Å². The predicted molar refractivity (Wildman–Crippen MR) is 69.0 cm³/mol. The number of rotatable bonds is 4. The summed E-state index contributed by atoms with van der Waals surface area (Å²) < 4.78 is 5.11. The van der Waals surface area contributed by atoms with Gasteiger partial charge in [0, 0.05) is 12.7 Å². The lowest BCUT2D eigenvalue weighted by atomic mass is 10.3. The minimum absolute atomic E-state index is 0.0977. The lowest BCUT2D eigenvalue weighted by Crippen LogP contribution is -2.11. The third-order valence-electron chi connectivity index (χ3n) is 2.66. The zero-order valence-corrected chi connectivity index (χ0v) is 10.4. The van der Waals surface area contributed by atoms with E-state index in [9.17, 15) is 0 Å². The van der Waals surface area contributed by atoms with Gasteiger partial charge < -0.3 is 14.7 Å². The number of hydrogen-bond donors (Lipinski definition) is 1. The van der Waals surface area contributed by atoms with E-state index in [1.807, 2.05) is 36.2 Å². The van der Waals surface area contributed by atoms with Crippen LogP contribution in [0.2, 0.25) is 0 Å². The molecule has 18 heavy (non-hydrogen) atoms. The van der Waals surface area contributed by atoms with Crippen molar-refractivity contribution < 1.29 is 9.84 Å². The first kappa shape index (κ1) is 12.3. The Morgan fingerprint density at radius 1 is 1.17 bits per heavy atom. The molecule has 0 bridgehead atoms. The Morgan fingerprint density at radius 2 is 1.89 bits per heavy atom. The summed E-state index contributed by atoms with van der Waals surface area (Å²) in [6, 6.07) is 7.67. The fraction of sp³-hybridized carbons (Fsp3) is 0.231. The molecule has 0 saturated carbocycles. The molecule has 0 aliphatic heterocycles. The van der Waals surface area contributed by atoms with E-state index in [0.717, 1.165) is 17.3 Å². The van der Waals surface area contributed by atoms with Crippen LogP contribution in [0.5, 0.6) is 5.75 Å². The van der Waals surface area contributed by atoms with Crippen LogP contribution in [0.4, 0.5) is 11.5 Å². The number of aliphatic hydroxyl groups excluding tert-OH is 1. The first-order valence-corrected chi connectivity index (χ1v) is 5.54. The minimum atomic E-state index is -0.0977. The van der Waals surface area contributed by atoms with Crippen molar-refractivity contribution in [2.75, 3.05) is 19.1 Å². The fourth-order valence-corrected chi connectivity index (χ4v) is 1.54. The molecule has 1 aromatic heterocycles. The van der Waals surface area contributed by atoms with Crippen molar-refractivity contribution in [3.05, 3.63) is 42.4 Å². The van der Waals surface area contributed by atoms with Crippen LogP contribution in [-0.2, 0) is 6.61 Å². The third-order valence-corrected chi connectivity index (χ3v) is 2.66. The summed E-state index contributed by atoms with van der Waals surface area (Å²) in [5.74, 6) is 1.53. The third kappa shape index (κ3) is 2.57. The van der Waals surface area contributed by atoms with Crippen molar-refractivity contribution >= 4 is 11.5 Å². The summed E-state index contributed by atoms with van der Waals surface area (Å²) in [4.78, 5) is 10.2. The SMILES string of the molecule is COc1ccc(N(C)c2cnc(CO)cn2)cc1. The van der Waals surface area contributed by atoms with Gasteiger partial charge in [-0.05, 0) is 24.3 Å². The molecule has 0 atom stereocenters. The molecule has 0 spiro atoms. The molecular formula is C13H15N3O2. The standard InChI is InChI=1S/C13H15N3O2/c1-16(11-3-5-12(18-2)6-4-11)13-8-14-10(9-17)7-15-13/h3-8,17H,9H2,1-2H3. The van der Waals surface area contributed by atoms with Crippen LogP contribution in [0.1, 0.15) is 5.69 Å². The Labute approximate surface area is 106 Å². The van der Waals surface area contributed by atoms with Gasteiger partial charge in [0.05, 0.1) is 31.8 Å². The Hall–Kier alpha value is -2.14. The molecule has 1 aromatic carbocycles. The molecule has 0 amide bonds. The number of aliphatic hydroxyl groups is 1. The highest BCUT2D eigenvalue weighted by molar-refractivity contribution is 5.59. The number of ether oxygens (including phenoxy) is 1. The Balaban J connectivity index is 2.20. The number of benzene rings is 1. The average molecular weight is 245 g/mol. The summed E-state index contributed by atoms with van der Waals surface area (Å²) in [7, 11) is 3.54. The molecule has 2 aromatic rings. The van der Waals surface area contributed by atoms with Gasteiger partial charge in [0.1, 0.15) is 5.75 Å². The van der Waals surface area contributed by atoms with E-state index >= 15 is 0 Å². The summed E-state index contributed by atoms with van der Waals surface area (Å²) >= 11 is 0. The number of methoxy groups -OCH3 is 1. The fourth-order valence-electron chi connectivity index (χ4n) is 1.54. The van der Waals surface area contributed by atoms with Gasteiger partial charge >= 0.3 is 0 Å². The van der Waals surface area contributed by atoms with Crippen molar-refractivity contribution in [2.45, 2.75) is 6.61 Å². The number of aromatic nitrogens is 2. The van der Waals surface area contributed by atoms with Crippen molar-refractivity contribution in [1.82, 2.24) is 9.97 Å². The quantitative estimate of drug-likeness (QED) is 0.889. The van der Waals surface area contributed by atoms with Gasteiger partial charge in [-0.2, -0.15) is 0 Å². The van der Waals surface area contributed by atoms with Crippen LogP contribution in [0.3, 0.4) is 0 Å². The monoisotopic (exact) mass is 245 g/mol. The molecule has 0 unspecified atom stereocenters. The summed E-state index contributed by atoms with van der Waals surface area (Å²) in [6.45, 7) is -0.0977. The van der Waals surface area contributed by atoms with Crippen molar-refractivity contribution in [3.8, 4) is 5.75 Å². The van der Waals surface area contributed by atoms with Gasteiger partial charge in [-0.25, -0.2) is 4.98 Å². The lowest BCUT2D eigenvalue weighted by molar-refractivity contribution is 0.276. The van der Waals surface area contributed by atoms with Crippen LogP contribution in [-0.4, -0.2) is 29.2 Å². The molecule has 0 aliphatic carbocycles. The summed E-state index contributed by atoms with van der Waals surface area (Å²) in [5, 5.41) is 8.91. The van der Waals surface area contributed by atoms with Gasteiger partial charge in [-0.15, -0.1) is 0 Å². The molecule has 0 saturated heterocycles. The van der Waals surface area contributed by atoms with Crippen molar-refractivity contribution in [3.63, 3.8) is 0 Å². The van der Waals surface area contributed by atoms with E-state index < -0.39 is 0 Å². The van der Waals surface area contributed by atoms with Gasteiger partial charge in [-0.1, -0.05) is 0 Å². The topological polar surface area (TPSA) is 58.5 Å².